The van der Waals surface area contributed by atoms with Gasteiger partial charge in [0.1, 0.15) is 5.83 Å². The van der Waals surface area contributed by atoms with Crippen molar-refractivity contribution in [2.45, 2.75) is 39.0 Å². The van der Waals surface area contributed by atoms with Crippen LogP contribution in [-0.2, 0) is 0 Å². The predicted molar refractivity (Wildman–Crippen MR) is 135 cm³/mol. The highest BCUT2D eigenvalue weighted by molar-refractivity contribution is 6.01. The number of hydrogen-bond donors (Lipinski definition) is 2. The van der Waals surface area contributed by atoms with Gasteiger partial charge in [-0.1, -0.05) is 47.1 Å². The van der Waals surface area contributed by atoms with E-state index < -0.39 is 5.97 Å². The van der Waals surface area contributed by atoms with Crippen LogP contribution in [0, 0.1) is 6.92 Å². The van der Waals surface area contributed by atoms with E-state index in [0.717, 1.165) is 39.1 Å². The van der Waals surface area contributed by atoms with E-state index >= 15 is 0 Å². The minimum Gasteiger partial charge on any atom is -0.478 e. The standard InChI is InChI=1S/C29H27FN2O3/c1-18-15-25(30)11-12-26(18)27(17-28(32-35)24-13-14-31-19(2)16-24)22-7-3-20(4-8-22)21-5-9-23(10-6-21)29(33)34/h3-10,13-16,27,35H,11-12,17H2,1-2H3,(H,33,34)/b32-28+/t27-/m0/s1. The number of aromatic nitrogens is 1. The maximum atomic E-state index is 13.9. The van der Waals surface area contributed by atoms with Gasteiger partial charge in [0.15, 0.2) is 0 Å². The van der Waals surface area contributed by atoms with Crippen molar-refractivity contribution >= 4 is 11.7 Å². The lowest BCUT2D eigenvalue weighted by molar-refractivity contribution is 0.0697. The number of aryl methyl sites for hydroxylation is 1. The summed E-state index contributed by atoms with van der Waals surface area (Å²) >= 11 is 0. The Hall–Kier alpha value is -4.06. The summed E-state index contributed by atoms with van der Waals surface area (Å²) in [5.41, 5.74) is 7.36. The minimum atomic E-state index is -0.956. The summed E-state index contributed by atoms with van der Waals surface area (Å²) in [5, 5.41) is 22.6. The van der Waals surface area contributed by atoms with Gasteiger partial charge in [0.05, 0.1) is 11.3 Å². The fraction of sp³-hybridized carbons (Fsp3) is 0.207. The number of pyridine rings is 1. The zero-order chi connectivity index (χ0) is 24.9. The van der Waals surface area contributed by atoms with Crippen molar-refractivity contribution in [1.29, 1.82) is 0 Å². The SMILES string of the molecule is CC1=C([C@@H](C/C(=N\O)c2ccnc(C)c2)c2ccc(-c3ccc(C(=O)O)cc3)cc2)CCC(F)=C1. The Balaban J connectivity index is 1.70. The van der Waals surface area contributed by atoms with Gasteiger partial charge < -0.3 is 10.3 Å². The molecule has 1 aromatic heterocycles. The van der Waals surface area contributed by atoms with Crippen molar-refractivity contribution in [3.05, 3.63) is 112 Å². The van der Waals surface area contributed by atoms with E-state index in [1.807, 2.05) is 50.2 Å². The summed E-state index contributed by atoms with van der Waals surface area (Å²) in [6, 6.07) is 18.5. The first kappa shape index (κ1) is 24.1. The number of nitrogens with zero attached hydrogens (tertiary/aromatic N) is 2. The molecule has 0 saturated heterocycles. The zero-order valence-electron chi connectivity index (χ0n) is 19.7. The number of benzene rings is 2. The number of aromatic carboxylic acids is 1. The fourth-order valence-corrected chi connectivity index (χ4v) is 4.59. The second-order valence-electron chi connectivity index (χ2n) is 8.79. The van der Waals surface area contributed by atoms with Crippen LogP contribution in [0.25, 0.3) is 11.1 Å². The normalized spacial score (nSPS) is 15.1. The lowest BCUT2D eigenvalue weighted by atomic mass is 9.79. The number of halogens is 1. The topological polar surface area (TPSA) is 82.8 Å². The molecule has 2 N–H and O–H groups in total. The van der Waals surface area contributed by atoms with Crippen LogP contribution in [0.1, 0.15) is 59.3 Å². The molecule has 1 atom stereocenters. The third-order valence-electron chi connectivity index (χ3n) is 6.46. The molecule has 2 aromatic carbocycles. The van der Waals surface area contributed by atoms with E-state index in [1.165, 1.54) is 0 Å². The van der Waals surface area contributed by atoms with Gasteiger partial charge in [0.25, 0.3) is 0 Å². The Morgan fingerprint density at radius 2 is 1.66 bits per heavy atom. The zero-order valence-corrected chi connectivity index (χ0v) is 19.7. The van der Waals surface area contributed by atoms with Gasteiger partial charge in [-0.15, -0.1) is 0 Å². The molecule has 1 heterocycles. The molecular formula is C29H27FN2O3. The molecule has 0 fully saturated rings. The van der Waals surface area contributed by atoms with E-state index in [2.05, 4.69) is 10.1 Å². The molecule has 6 heteroatoms. The Morgan fingerprint density at radius 3 is 2.23 bits per heavy atom. The Kier molecular flexibility index (Phi) is 7.20. The van der Waals surface area contributed by atoms with Crippen LogP contribution in [0.15, 0.2) is 95.1 Å². The Labute approximate surface area is 204 Å². The van der Waals surface area contributed by atoms with E-state index in [4.69, 9.17) is 5.11 Å². The number of carbonyl (C=O) groups is 1. The molecule has 1 aliphatic rings. The molecule has 0 unspecified atom stereocenters. The average Bonchev–Trinajstić information content (AvgIpc) is 2.86. The quantitative estimate of drug-likeness (QED) is 0.220. The van der Waals surface area contributed by atoms with E-state index in [0.29, 0.717) is 25.0 Å². The fourth-order valence-electron chi connectivity index (χ4n) is 4.59. The van der Waals surface area contributed by atoms with Crippen molar-refractivity contribution in [3.8, 4) is 11.1 Å². The number of carboxylic acids is 1. The summed E-state index contributed by atoms with van der Waals surface area (Å²) in [4.78, 5) is 15.4. The van der Waals surface area contributed by atoms with Crippen LogP contribution in [0.5, 0.6) is 0 Å². The molecule has 4 rings (SSSR count). The average molecular weight is 471 g/mol. The van der Waals surface area contributed by atoms with E-state index in [1.54, 1.807) is 36.5 Å². The Bertz CT molecular complexity index is 1320. The largest absolute Gasteiger partial charge is 0.478 e. The summed E-state index contributed by atoms with van der Waals surface area (Å²) in [7, 11) is 0. The predicted octanol–water partition coefficient (Wildman–Crippen LogP) is 7.07. The molecule has 35 heavy (non-hydrogen) atoms. The van der Waals surface area contributed by atoms with Crippen LogP contribution in [0.2, 0.25) is 0 Å². The van der Waals surface area contributed by atoms with Crippen LogP contribution in [0.3, 0.4) is 0 Å². The highest BCUT2D eigenvalue weighted by Gasteiger charge is 2.24. The molecule has 0 saturated carbocycles. The van der Waals surface area contributed by atoms with Gasteiger partial charge in [0, 0.05) is 36.2 Å². The highest BCUT2D eigenvalue weighted by atomic mass is 19.1. The first-order valence-electron chi connectivity index (χ1n) is 11.5. The highest BCUT2D eigenvalue weighted by Crippen LogP contribution is 2.39. The molecular weight excluding hydrogens is 443 g/mol. The first-order valence-corrected chi connectivity index (χ1v) is 11.5. The van der Waals surface area contributed by atoms with Crippen molar-refractivity contribution in [3.63, 3.8) is 0 Å². The molecule has 0 spiro atoms. The smallest absolute Gasteiger partial charge is 0.335 e. The van der Waals surface area contributed by atoms with Crippen molar-refractivity contribution in [2.24, 2.45) is 5.16 Å². The first-order chi connectivity index (χ1) is 16.9. The molecule has 0 bridgehead atoms. The third kappa shape index (κ3) is 5.54. The molecule has 0 aliphatic heterocycles. The maximum Gasteiger partial charge on any atom is 0.335 e. The van der Waals surface area contributed by atoms with Crippen LogP contribution < -0.4 is 0 Å². The summed E-state index contributed by atoms with van der Waals surface area (Å²) in [6.07, 6.45) is 4.70. The van der Waals surface area contributed by atoms with Gasteiger partial charge in [-0.05, 0) is 72.9 Å². The van der Waals surface area contributed by atoms with Crippen LogP contribution in [0.4, 0.5) is 4.39 Å². The van der Waals surface area contributed by atoms with Gasteiger partial charge in [-0.2, -0.15) is 0 Å². The molecule has 1 aliphatic carbocycles. The molecule has 3 aromatic rings. The molecule has 0 amide bonds. The van der Waals surface area contributed by atoms with Crippen LogP contribution in [-0.4, -0.2) is 27.0 Å². The van der Waals surface area contributed by atoms with Gasteiger partial charge in [-0.3, -0.25) is 4.98 Å². The second-order valence-corrected chi connectivity index (χ2v) is 8.79. The number of carboxylic acid groups (broad SMARTS) is 1. The summed E-state index contributed by atoms with van der Waals surface area (Å²) in [6.45, 7) is 3.81. The summed E-state index contributed by atoms with van der Waals surface area (Å²) < 4.78 is 13.9. The number of oxime groups is 1. The molecule has 178 valence electrons. The van der Waals surface area contributed by atoms with Crippen LogP contribution >= 0.6 is 0 Å². The van der Waals surface area contributed by atoms with E-state index in [-0.39, 0.29) is 17.3 Å². The molecule has 0 radical (unpaired) electrons. The Morgan fingerprint density at radius 1 is 1.00 bits per heavy atom. The number of hydrogen-bond acceptors (Lipinski definition) is 4. The third-order valence-corrected chi connectivity index (χ3v) is 6.46. The lowest BCUT2D eigenvalue weighted by Gasteiger charge is -2.26. The van der Waals surface area contributed by atoms with Crippen molar-refractivity contribution < 1.29 is 19.5 Å². The number of allylic oxidation sites excluding steroid dienone is 4. The monoisotopic (exact) mass is 470 g/mol. The van der Waals surface area contributed by atoms with Gasteiger partial charge in [-0.25, -0.2) is 9.18 Å². The van der Waals surface area contributed by atoms with E-state index in [9.17, 15) is 14.4 Å². The second kappa shape index (κ2) is 10.5. The van der Waals surface area contributed by atoms with Crippen molar-refractivity contribution in [1.82, 2.24) is 4.98 Å². The minimum absolute atomic E-state index is 0.0952. The van der Waals surface area contributed by atoms with Gasteiger partial charge in [0.2, 0.25) is 0 Å². The maximum absolute atomic E-state index is 13.9. The number of rotatable bonds is 7. The summed E-state index contributed by atoms with van der Waals surface area (Å²) in [5.74, 6) is -1.17. The molecule has 5 nitrogen and oxygen atoms in total. The van der Waals surface area contributed by atoms with Crippen molar-refractivity contribution in [2.75, 3.05) is 0 Å². The lowest BCUT2D eigenvalue weighted by Crippen LogP contribution is -2.14. The van der Waals surface area contributed by atoms with Gasteiger partial charge >= 0.3 is 5.97 Å².